The molecule has 60 heavy (non-hydrogen) atoms. The minimum absolute atomic E-state index is 0.0216. The lowest BCUT2D eigenvalue weighted by atomic mass is 10.0. The summed E-state index contributed by atoms with van der Waals surface area (Å²) < 4.78 is 10.5. The molecule has 0 saturated heterocycles. The van der Waals surface area contributed by atoms with Gasteiger partial charge in [0.1, 0.15) is 82.1 Å². The number of methoxy groups -OCH3 is 2. The lowest BCUT2D eigenvalue weighted by Crippen LogP contribution is -2.04. The molecule has 0 unspecified atom stereocenters. The zero-order valence-corrected chi connectivity index (χ0v) is 31.5. The van der Waals surface area contributed by atoms with E-state index in [2.05, 4.69) is 29.9 Å². The van der Waals surface area contributed by atoms with Crippen molar-refractivity contribution in [2.75, 3.05) is 14.2 Å². The average Bonchev–Trinajstić information content (AvgIpc) is 3.84. The molecule has 0 amide bonds. The van der Waals surface area contributed by atoms with Crippen molar-refractivity contribution in [1.82, 2.24) is 29.9 Å². The Kier molecular flexibility index (Phi) is 9.79. The van der Waals surface area contributed by atoms with Gasteiger partial charge in [-0.25, -0.2) is 29.9 Å². The van der Waals surface area contributed by atoms with Gasteiger partial charge in [0, 0.05) is 22.3 Å². The molecule has 0 fully saturated rings. The molecule has 9 rings (SSSR count). The summed E-state index contributed by atoms with van der Waals surface area (Å²) in [7, 11) is 2.91. The van der Waals surface area contributed by atoms with Crippen LogP contribution >= 0.6 is 0 Å². The topological polar surface area (TPSA) is 290 Å². The molecule has 0 saturated carbocycles. The number of fused-ring (bicyclic) bond motifs is 9. The van der Waals surface area contributed by atoms with E-state index < -0.39 is 5.78 Å². The number of carbonyl (C=O) groups is 3. The Morgan fingerprint density at radius 1 is 0.433 bits per heavy atom. The monoisotopic (exact) mass is 784 g/mol. The Morgan fingerprint density at radius 3 is 1.35 bits per heavy atom. The zero-order chi connectivity index (χ0) is 43.0. The molecule has 0 N–H and O–H groups in total. The summed E-state index contributed by atoms with van der Waals surface area (Å²) in [5, 5.41) is 53.9. The number of hydrogen-bond acceptors (Lipinski definition) is 17. The molecule has 0 bridgehead atoms. The summed E-state index contributed by atoms with van der Waals surface area (Å²) in [6, 6.07) is 24.9. The van der Waals surface area contributed by atoms with Crippen LogP contribution in [0.3, 0.4) is 0 Å². The van der Waals surface area contributed by atoms with E-state index in [4.69, 9.17) is 41.0 Å². The minimum atomic E-state index is -0.408. The number of ether oxygens (including phenoxy) is 2. The highest BCUT2D eigenvalue weighted by Gasteiger charge is 2.37. The Labute approximate surface area is 339 Å². The summed E-state index contributed by atoms with van der Waals surface area (Å²) in [4.78, 5) is 61.3. The van der Waals surface area contributed by atoms with Crippen LogP contribution in [0.15, 0.2) is 48.5 Å². The van der Waals surface area contributed by atoms with Gasteiger partial charge >= 0.3 is 0 Å². The fourth-order valence-electron chi connectivity index (χ4n) is 6.75. The molecule has 0 atom stereocenters. The highest BCUT2D eigenvalue weighted by molar-refractivity contribution is 6.23. The first kappa shape index (κ1) is 38.7. The second-order valence-electron chi connectivity index (χ2n) is 12.8. The molecule has 0 spiro atoms. The van der Waals surface area contributed by atoms with Crippen LogP contribution in [-0.4, -0.2) is 61.5 Å². The van der Waals surface area contributed by atoms with Crippen LogP contribution in [0.25, 0.3) is 33.8 Å². The smallest absolute Gasteiger partial charge is 0.218 e. The molecule has 0 aliphatic heterocycles. The molecular weight excluding hydrogens is 765 g/mol. The Balaban J connectivity index is 0.000000137. The second-order valence-corrected chi connectivity index (χ2v) is 12.8. The van der Waals surface area contributed by atoms with E-state index in [-0.39, 0.29) is 74.1 Å². The maximum Gasteiger partial charge on any atom is 0.218 e. The van der Waals surface area contributed by atoms with Gasteiger partial charge in [-0.3, -0.25) is 14.4 Å². The average molecular weight is 785 g/mol. The highest BCUT2D eigenvalue weighted by atomic mass is 16.5. The van der Waals surface area contributed by atoms with E-state index in [1.165, 1.54) is 14.2 Å². The Hall–Kier alpha value is -9.55. The standard InChI is InChI=1S/C15H8N4O3.2C14H6N4O/c1-21-9-3-4-10(22-2)12-11(9)13-14(15(12)20)19-8(6-17)7(5-16)18-13;1-7-2-3-8-9(4-7)12-13(14(8)19)18-11(6-16)10(5-15)17-12;1-7-3-2-4-8-11(7)14(19)13-12(8)17-9(5-15)10(6-16)18-13/h3-4H,1-2H3;2*2-4H,1H3. The summed E-state index contributed by atoms with van der Waals surface area (Å²) in [6.45, 7) is 3.74. The van der Waals surface area contributed by atoms with Crippen LogP contribution < -0.4 is 9.47 Å². The third-order valence-corrected chi connectivity index (χ3v) is 9.43. The molecule has 3 aliphatic rings. The van der Waals surface area contributed by atoms with Gasteiger partial charge in [-0.1, -0.05) is 35.9 Å². The minimum Gasteiger partial charge on any atom is -0.496 e. The van der Waals surface area contributed by atoms with E-state index >= 15 is 0 Å². The van der Waals surface area contributed by atoms with Crippen molar-refractivity contribution in [3.63, 3.8) is 0 Å². The van der Waals surface area contributed by atoms with Crippen molar-refractivity contribution >= 4 is 17.3 Å². The number of carbonyl (C=O) groups excluding carboxylic acids is 3. The van der Waals surface area contributed by atoms with Crippen molar-refractivity contribution in [3.8, 4) is 81.7 Å². The number of nitrogens with zero attached hydrogens (tertiary/aromatic N) is 12. The third-order valence-electron chi connectivity index (χ3n) is 9.43. The lowest BCUT2D eigenvalue weighted by molar-refractivity contribution is 0.102. The van der Waals surface area contributed by atoms with Crippen LogP contribution in [-0.2, 0) is 0 Å². The van der Waals surface area contributed by atoms with Crippen molar-refractivity contribution < 1.29 is 23.9 Å². The molecule has 3 aromatic carbocycles. The highest BCUT2D eigenvalue weighted by Crippen LogP contribution is 2.45. The fourth-order valence-corrected chi connectivity index (χ4v) is 6.75. The zero-order valence-electron chi connectivity index (χ0n) is 31.5. The third kappa shape index (κ3) is 6.03. The molecule has 3 aliphatic carbocycles. The number of ketones is 3. The molecule has 282 valence electrons. The predicted molar refractivity (Wildman–Crippen MR) is 204 cm³/mol. The van der Waals surface area contributed by atoms with E-state index in [0.29, 0.717) is 50.7 Å². The first-order chi connectivity index (χ1) is 29.0. The molecular formula is C43H20N12O5. The van der Waals surface area contributed by atoms with Gasteiger partial charge in [-0.05, 0) is 37.6 Å². The lowest BCUT2D eigenvalue weighted by Gasteiger charge is -2.10. The van der Waals surface area contributed by atoms with Crippen molar-refractivity contribution in [1.29, 1.82) is 31.6 Å². The summed E-state index contributed by atoms with van der Waals surface area (Å²) in [5.74, 6) is -0.118. The van der Waals surface area contributed by atoms with Crippen LogP contribution in [0.5, 0.6) is 11.5 Å². The summed E-state index contributed by atoms with van der Waals surface area (Å²) in [5.41, 5.74) is 5.62. The van der Waals surface area contributed by atoms with E-state index in [0.717, 1.165) is 11.1 Å². The largest absolute Gasteiger partial charge is 0.496 e. The van der Waals surface area contributed by atoms with Gasteiger partial charge in [0.2, 0.25) is 17.3 Å². The summed E-state index contributed by atoms with van der Waals surface area (Å²) >= 11 is 0. The number of rotatable bonds is 2. The maximum absolute atomic E-state index is 12.6. The van der Waals surface area contributed by atoms with Gasteiger partial charge in [0.05, 0.1) is 25.3 Å². The Bertz CT molecular complexity index is 3220. The normalized spacial score (nSPS) is 11.3. The first-order valence-corrected chi connectivity index (χ1v) is 17.3. The van der Waals surface area contributed by atoms with Crippen LogP contribution in [0.1, 0.15) is 93.4 Å². The number of hydrogen-bond donors (Lipinski definition) is 0. The second kappa shape index (κ2) is 15.2. The summed E-state index contributed by atoms with van der Waals surface area (Å²) in [6.07, 6.45) is 0. The van der Waals surface area contributed by atoms with Gasteiger partial charge in [0.15, 0.2) is 34.2 Å². The molecule has 3 aromatic heterocycles. The van der Waals surface area contributed by atoms with Crippen molar-refractivity contribution in [2.45, 2.75) is 13.8 Å². The van der Waals surface area contributed by atoms with Gasteiger partial charge in [-0.15, -0.1) is 0 Å². The molecule has 17 nitrogen and oxygen atoms in total. The van der Waals surface area contributed by atoms with E-state index in [9.17, 15) is 14.4 Å². The van der Waals surface area contributed by atoms with Crippen molar-refractivity contribution in [3.05, 3.63) is 128 Å². The SMILES string of the molecule is COc1ccc(OC)c2c1C(=O)c1nc(C#N)c(C#N)nc1-2.Cc1ccc2c(c1)-c1nc(C#N)c(C#N)nc1C2=O.Cc1cccc2c1C(=O)c1nc(C#N)c(C#N)nc1-2. The molecule has 3 heterocycles. The van der Waals surface area contributed by atoms with Crippen molar-refractivity contribution in [2.24, 2.45) is 0 Å². The Morgan fingerprint density at radius 2 is 0.850 bits per heavy atom. The number of nitriles is 6. The first-order valence-electron chi connectivity index (χ1n) is 17.3. The van der Waals surface area contributed by atoms with Gasteiger partial charge < -0.3 is 9.47 Å². The van der Waals surface area contributed by atoms with Gasteiger partial charge in [0.25, 0.3) is 0 Å². The van der Waals surface area contributed by atoms with E-state index in [1.807, 2.05) is 56.3 Å². The number of benzene rings is 3. The molecule has 17 heteroatoms. The maximum atomic E-state index is 12.6. The fraction of sp³-hybridized carbons (Fsp3) is 0.0930. The van der Waals surface area contributed by atoms with E-state index in [1.54, 1.807) is 42.5 Å². The van der Waals surface area contributed by atoms with Crippen LogP contribution in [0.4, 0.5) is 0 Å². The predicted octanol–water partition coefficient (Wildman–Crippen LogP) is 4.93. The van der Waals surface area contributed by atoms with Gasteiger partial charge in [-0.2, -0.15) is 31.6 Å². The molecule has 0 radical (unpaired) electrons. The van der Waals surface area contributed by atoms with Crippen LogP contribution in [0, 0.1) is 81.8 Å². The van der Waals surface area contributed by atoms with Crippen LogP contribution in [0.2, 0.25) is 0 Å². The molecule has 6 aromatic rings. The number of aromatic nitrogens is 6. The quantitative estimate of drug-likeness (QED) is 0.224. The number of aryl methyl sites for hydroxylation is 2.